The third-order valence-electron chi connectivity index (χ3n) is 4.79. The highest BCUT2D eigenvalue weighted by atomic mass is 79.9. The molecule has 0 N–H and O–H groups in total. The van der Waals surface area contributed by atoms with Crippen LogP contribution in [0.3, 0.4) is 0 Å². The van der Waals surface area contributed by atoms with Crippen LogP contribution < -0.4 is 0 Å². The van der Waals surface area contributed by atoms with Gasteiger partial charge in [0.2, 0.25) is 0 Å². The Morgan fingerprint density at radius 2 is 2.04 bits per heavy atom. The van der Waals surface area contributed by atoms with E-state index in [0.717, 1.165) is 18.2 Å². The molecule has 1 aromatic heterocycles. The molecule has 0 amide bonds. The first kappa shape index (κ1) is 19.4. The molecule has 0 saturated heterocycles. The lowest BCUT2D eigenvalue weighted by molar-refractivity contribution is 0.390. The number of rotatable bonds is 9. The maximum atomic E-state index is 4.21. The first-order valence-corrected chi connectivity index (χ1v) is 12.2. The Kier molecular flexibility index (Phi) is 8.28. The number of thioether (sulfide) groups is 2. The van der Waals surface area contributed by atoms with Crippen LogP contribution in [-0.4, -0.2) is 26.3 Å². The molecular formula is C20H27BrN2S2. The van der Waals surface area contributed by atoms with Gasteiger partial charge in [-0.1, -0.05) is 53.4 Å². The Hall–Kier alpha value is -0.390. The first-order valence-electron chi connectivity index (χ1n) is 9.20. The predicted octanol–water partition coefficient (Wildman–Crippen LogP) is 6.26. The van der Waals surface area contributed by atoms with Gasteiger partial charge in [-0.3, -0.25) is 0 Å². The van der Waals surface area contributed by atoms with Crippen molar-refractivity contribution in [2.45, 2.75) is 49.7 Å². The largest absolute Gasteiger partial charge is 0.336 e. The lowest BCUT2D eigenvalue weighted by Gasteiger charge is -2.24. The summed E-state index contributed by atoms with van der Waals surface area (Å²) in [5.41, 5.74) is 1.39. The number of nitrogens with zero attached hydrogens (tertiary/aromatic N) is 2. The third-order valence-corrected chi connectivity index (χ3v) is 8.37. The van der Waals surface area contributed by atoms with Gasteiger partial charge >= 0.3 is 0 Å². The van der Waals surface area contributed by atoms with Crippen molar-refractivity contribution in [1.82, 2.24) is 9.55 Å². The number of benzene rings is 1. The lowest BCUT2D eigenvalue weighted by atomic mass is 9.91. The quantitative estimate of drug-likeness (QED) is 0.459. The van der Waals surface area contributed by atoms with Crippen LogP contribution in [0.2, 0.25) is 0 Å². The summed E-state index contributed by atoms with van der Waals surface area (Å²) in [6.45, 7) is 1.07. The summed E-state index contributed by atoms with van der Waals surface area (Å²) in [5.74, 6) is 4.54. The van der Waals surface area contributed by atoms with Gasteiger partial charge in [0.1, 0.15) is 0 Å². The van der Waals surface area contributed by atoms with E-state index in [9.17, 15) is 0 Å². The molecule has 1 heterocycles. The van der Waals surface area contributed by atoms with Crippen molar-refractivity contribution in [2.75, 3.05) is 11.5 Å². The molecule has 1 fully saturated rings. The summed E-state index contributed by atoms with van der Waals surface area (Å²) >= 11 is 7.90. The van der Waals surface area contributed by atoms with Gasteiger partial charge in [-0.15, -0.1) is 0 Å². The van der Waals surface area contributed by atoms with Crippen LogP contribution in [0.5, 0.6) is 0 Å². The molecular weight excluding hydrogens is 412 g/mol. The molecule has 0 aliphatic heterocycles. The zero-order chi connectivity index (χ0) is 17.3. The molecule has 136 valence electrons. The van der Waals surface area contributed by atoms with E-state index in [1.807, 2.05) is 12.5 Å². The summed E-state index contributed by atoms with van der Waals surface area (Å²) in [5, 5.41) is 0.656. The van der Waals surface area contributed by atoms with Crippen molar-refractivity contribution < 1.29 is 0 Å². The predicted molar refractivity (Wildman–Crippen MR) is 115 cm³/mol. The third kappa shape index (κ3) is 6.69. The van der Waals surface area contributed by atoms with Crippen molar-refractivity contribution in [3.05, 3.63) is 53.0 Å². The number of halogens is 1. The van der Waals surface area contributed by atoms with Crippen molar-refractivity contribution in [3.8, 4) is 0 Å². The molecule has 0 bridgehead atoms. The van der Waals surface area contributed by atoms with E-state index in [2.05, 4.69) is 79.5 Å². The molecule has 2 nitrogen and oxygen atoms in total. The standard InChI is InChI=1S/C20H27BrN2S2/c21-20-9-5-4-8-18(20)14-24-15-19(12-23-11-10-22-16-23)25-13-17-6-2-1-3-7-17/h4-5,8-11,16-17,19H,1-3,6-7,12-15H2. The monoisotopic (exact) mass is 438 g/mol. The Bertz CT molecular complexity index is 612. The van der Waals surface area contributed by atoms with E-state index < -0.39 is 0 Å². The molecule has 1 aliphatic rings. The SMILES string of the molecule is Brc1ccccc1CSCC(Cn1ccnc1)SCC1CCCCC1. The highest BCUT2D eigenvalue weighted by molar-refractivity contribution is 9.10. The highest BCUT2D eigenvalue weighted by Crippen LogP contribution is 2.30. The molecule has 25 heavy (non-hydrogen) atoms. The number of aromatic nitrogens is 2. The van der Waals surface area contributed by atoms with E-state index >= 15 is 0 Å². The second kappa shape index (κ2) is 10.7. The van der Waals surface area contributed by atoms with E-state index in [1.54, 1.807) is 0 Å². The summed E-state index contributed by atoms with van der Waals surface area (Å²) in [7, 11) is 0. The van der Waals surface area contributed by atoms with Crippen molar-refractivity contribution in [2.24, 2.45) is 5.92 Å². The van der Waals surface area contributed by atoms with Crippen LogP contribution in [-0.2, 0) is 12.3 Å². The van der Waals surface area contributed by atoms with Gasteiger partial charge in [0.25, 0.3) is 0 Å². The van der Waals surface area contributed by atoms with Gasteiger partial charge in [0.05, 0.1) is 6.33 Å². The molecule has 0 spiro atoms. The second-order valence-corrected chi connectivity index (χ2v) is 10.0. The molecule has 0 radical (unpaired) electrons. The Labute approximate surface area is 168 Å². The molecule has 1 atom stereocenters. The average Bonchev–Trinajstić information content (AvgIpc) is 3.15. The molecule has 1 aromatic carbocycles. The van der Waals surface area contributed by atoms with Crippen molar-refractivity contribution in [3.63, 3.8) is 0 Å². The average molecular weight is 439 g/mol. The molecule has 3 rings (SSSR count). The highest BCUT2D eigenvalue weighted by Gasteiger charge is 2.17. The summed E-state index contributed by atoms with van der Waals surface area (Å²) in [4.78, 5) is 4.21. The zero-order valence-corrected chi connectivity index (χ0v) is 17.9. The summed E-state index contributed by atoms with van der Waals surface area (Å²) < 4.78 is 3.46. The topological polar surface area (TPSA) is 17.8 Å². The molecule has 2 aromatic rings. The van der Waals surface area contributed by atoms with Crippen molar-refractivity contribution in [1.29, 1.82) is 0 Å². The van der Waals surface area contributed by atoms with Crippen molar-refractivity contribution >= 4 is 39.5 Å². The van der Waals surface area contributed by atoms with Gasteiger partial charge in [-0.05, 0) is 36.1 Å². The molecule has 1 aliphatic carbocycles. The molecule has 1 unspecified atom stereocenters. The minimum atomic E-state index is 0.656. The maximum absolute atomic E-state index is 4.21. The van der Waals surface area contributed by atoms with Crippen LogP contribution in [0.4, 0.5) is 0 Å². The Morgan fingerprint density at radius 1 is 1.20 bits per heavy atom. The van der Waals surface area contributed by atoms with E-state index in [1.165, 1.54) is 53.6 Å². The smallest absolute Gasteiger partial charge is 0.0946 e. The van der Waals surface area contributed by atoms with Gasteiger partial charge in [-0.2, -0.15) is 23.5 Å². The van der Waals surface area contributed by atoms with Gasteiger partial charge in [-0.25, -0.2) is 4.98 Å². The second-order valence-electron chi connectivity index (χ2n) is 6.83. The van der Waals surface area contributed by atoms with Crippen LogP contribution in [0, 0.1) is 5.92 Å². The number of imidazole rings is 1. The fourth-order valence-electron chi connectivity index (χ4n) is 3.33. The molecule has 1 saturated carbocycles. The maximum Gasteiger partial charge on any atom is 0.0946 e. The van der Waals surface area contributed by atoms with E-state index in [-0.39, 0.29) is 0 Å². The Morgan fingerprint density at radius 3 is 2.80 bits per heavy atom. The van der Waals surface area contributed by atoms with Crippen LogP contribution in [0.25, 0.3) is 0 Å². The lowest BCUT2D eigenvalue weighted by Crippen LogP contribution is -2.18. The van der Waals surface area contributed by atoms with Gasteiger partial charge in [0.15, 0.2) is 0 Å². The number of hydrogen-bond acceptors (Lipinski definition) is 3. The summed E-state index contributed by atoms with van der Waals surface area (Å²) in [6.07, 6.45) is 13.1. The minimum absolute atomic E-state index is 0.656. The minimum Gasteiger partial charge on any atom is -0.336 e. The van der Waals surface area contributed by atoms with Crippen LogP contribution in [0.1, 0.15) is 37.7 Å². The Balaban J connectivity index is 1.49. The normalized spacial score (nSPS) is 16.8. The first-order chi connectivity index (χ1) is 12.3. The van der Waals surface area contributed by atoms with E-state index in [0.29, 0.717) is 5.25 Å². The van der Waals surface area contributed by atoms with Gasteiger partial charge in [0, 0.05) is 40.2 Å². The van der Waals surface area contributed by atoms with E-state index in [4.69, 9.17) is 0 Å². The zero-order valence-electron chi connectivity index (χ0n) is 14.6. The number of hydrogen-bond donors (Lipinski definition) is 0. The van der Waals surface area contributed by atoms with Crippen LogP contribution in [0.15, 0.2) is 47.5 Å². The summed E-state index contributed by atoms with van der Waals surface area (Å²) in [6, 6.07) is 8.56. The van der Waals surface area contributed by atoms with Gasteiger partial charge < -0.3 is 4.57 Å². The fourth-order valence-corrected chi connectivity index (χ4v) is 6.72. The molecule has 5 heteroatoms. The fraction of sp³-hybridized carbons (Fsp3) is 0.550. The van der Waals surface area contributed by atoms with Crippen LogP contribution >= 0.6 is 39.5 Å².